The van der Waals surface area contributed by atoms with Crippen molar-refractivity contribution in [1.29, 1.82) is 0 Å². The van der Waals surface area contributed by atoms with Gasteiger partial charge in [-0.15, -0.1) is 0 Å². The molecule has 1 aliphatic heterocycles. The highest BCUT2D eigenvalue weighted by Gasteiger charge is 2.44. The summed E-state index contributed by atoms with van der Waals surface area (Å²) in [5.41, 5.74) is 3.59. The van der Waals surface area contributed by atoms with E-state index in [9.17, 15) is 8.42 Å². The summed E-state index contributed by atoms with van der Waals surface area (Å²) in [6.45, 7) is 1.93. The van der Waals surface area contributed by atoms with Gasteiger partial charge in [-0.05, 0) is 54.4 Å². The van der Waals surface area contributed by atoms with Crippen LogP contribution in [0.3, 0.4) is 0 Å². The summed E-state index contributed by atoms with van der Waals surface area (Å²) >= 11 is 12.1. The lowest BCUT2D eigenvalue weighted by atomic mass is 9.93. The minimum Gasteiger partial charge on any atom is -0.298 e. The normalized spacial score (nSPS) is 17.6. The van der Waals surface area contributed by atoms with Gasteiger partial charge in [0.05, 0.1) is 10.9 Å². The van der Waals surface area contributed by atoms with Crippen molar-refractivity contribution in [3.05, 3.63) is 106 Å². The molecule has 0 saturated carbocycles. The van der Waals surface area contributed by atoms with E-state index in [0.717, 1.165) is 22.4 Å². The molecule has 0 bridgehead atoms. The second-order valence-corrected chi connectivity index (χ2v) is 9.74. The summed E-state index contributed by atoms with van der Waals surface area (Å²) in [5, 5.41) is 2.78. The van der Waals surface area contributed by atoms with Gasteiger partial charge in [0.15, 0.2) is 0 Å². The molecule has 4 nitrogen and oxygen atoms in total. The molecule has 0 spiro atoms. The molecular weight excluding hydrogens is 439 g/mol. The zero-order valence-electron chi connectivity index (χ0n) is 16.5. The van der Waals surface area contributed by atoms with Crippen molar-refractivity contribution in [3.8, 4) is 0 Å². The van der Waals surface area contributed by atoms with Crippen molar-refractivity contribution in [3.63, 3.8) is 0 Å². The first-order valence-corrected chi connectivity index (χ1v) is 11.6. The third-order valence-electron chi connectivity index (χ3n) is 5.29. The number of hydrogen-bond donors (Lipinski definition) is 0. The van der Waals surface area contributed by atoms with Crippen LogP contribution in [0.25, 0.3) is 5.57 Å². The molecule has 4 rings (SSSR count). The predicted molar refractivity (Wildman–Crippen MR) is 121 cm³/mol. The van der Waals surface area contributed by atoms with E-state index < -0.39 is 16.1 Å². The van der Waals surface area contributed by atoms with Crippen LogP contribution in [0.2, 0.25) is 10.0 Å². The zero-order chi connectivity index (χ0) is 21.5. The van der Waals surface area contributed by atoms with Crippen LogP contribution in [0.15, 0.2) is 89.5 Å². The summed E-state index contributed by atoms with van der Waals surface area (Å²) in [7, 11) is -2.09. The third-order valence-corrected chi connectivity index (χ3v) is 7.61. The third kappa shape index (κ3) is 3.63. The van der Waals surface area contributed by atoms with Gasteiger partial charge in [-0.1, -0.05) is 70.1 Å². The van der Waals surface area contributed by atoms with Gasteiger partial charge in [-0.25, -0.2) is 8.42 Å². The molecule has 0 fully saturated rings. The minimum atomic E-state index is -3.86. The molecule has 1 aliphatic rings. The quantitative estimate of drug-likeness (QED) is 0.479. The van der Waals surface area contributed by atoms with Crippen molar-refractivity contribution in [2.45, 2.75) is 17.9 Å². The summed E-state index contributed by atoms with van der Waals surface area (Å²) < 4.78 is 28.9. The van der Waals surface area contributed by atoms with Crippen LogP contribution >= 0.6 is 23.2 Å². The number of nitrogens with zero attached hydrogens (tertiary/aromatic N) is 2. The molecule has 1 atom stereocenters. The number of benzene rings is 3. The zero-order valence-corrected chi connectivity index (χ0v) is 18.8. The van der Waals surface area contributed by atoms with Gasteiger partial charge < -0.3 is 0 Å². The topological polar surface area (TPSA) is 40.6 Å². The Balaban J connectivity index is 1.91. The highest BCUT2D eigenvalue weighted by atomic mass is 35.5. The van der Waals surface area contributed by atoms with E-state index in [4.69, 9.17) is 23.2 Å². The summed E-state index contributed by atoms with van der Waals surface area (Å²) in [4.78, 5) is 0.180. The van der Waals surface area contributed by atoms with E-state index in [-0.39, 0.29) is 4.90 Å². The maximum Gasteiger partial charge on any atom is 0.260 e. The Morgan fingerprint density at radius 3 is 1.90 bits per heavy atom. The molecule has 1 unspecified atom stereocenters. The molecule has 30 heavy (non-hydrogen) atoms. The maximum absolute atomic E-state index is 13.7. The average molecular weight is 459 g/mol. The lowest BCUT2D eigenvalue weighted by Crippen LogP contribution is -2.41. The van der Waals surface area contributed by atoms with Crippen molar-refractivity contribution in [2.24, 2.45) is 0 Å². The number of hydrogen-bond acceptors (Lipinski definition) is 3. The van der Waals surface area contributed by atoms with Crippen LogP contribution in [-0.2, 0) is 10.0 Å². The van der Waals surface area contributed by atoms with Gasteiger partial charge >= 0.3 is 0 Å². The fourth-order valence-corrected chi connectivity index (χ4v) is 5.64. The first-order valence-electron chi connectivity index (χ1n) is 9.36. The fourth-order valence-electron chi connectivity index (χ4n) is 3.74. The Kier molecular flexibility index (Phi) is 5.64. The molecule has 3 aromatic rings. The molecule has 0 aromatic heterocycles. The van der Waals surface area contributed by atoms with Gasteiger partial charge in [0.25, 0.3) is 10.0 Å². The van der Waals surface area contributed by atoms with Crippen molar-refractivity contribution in [1.82, 2.24) is 9.42 Å². The SMILES string of the molecule is CC1=C(c2ccccc2)C(c2ccc(Cl)cc2)N(S(=O)(=O)c2ccc(Cl)cc2)N1C. The Morgan fingerprint density at radius 2 is 1.33 bits per heavy atom. The fraction of sp³-hybridized carbons (Fsp3) is 0.130. The number of allylic oxidation sites excluding steroid dienone is 1. The second kappa shape index (κ2) is 8.08. The van der Waals surface area contributed by atoms with Gasteiger partial charge in [-0.3, -0.25) is 5.01 Å². The van der Waals surface area contributed by atoms with Gasteiger partial charge in [0.1, 0.15) is 0 Å². The van der Waals surface area contributed by atoms with Crippen molar-refractivity contribution < 1.29 is 8.42 Å². The van der Waals surface area contributed by atoms with E-state index >= 15 is 0 Å². The molecule has 3 aromatic carbocycles. The number of rotatable bonds is 4. The first kappa shape index (κ1) is 20.9. The average Bonchev–Trinajstić information content (AvgIpc) is 3.01. The lowest BCUT2D eigenvalue weighted by molar-refractivity contribution is 0.137. The van der Waals surface area contributed by atoms with Gasteiger partial charge in [0.2, 0.25) is 0 Å². The minimum absolute atomic E-state index is 0.180. The van der Waals surface area contributed by atoms with E-state index in [1.165, 1.54) is 16.5 Å². The highest BCUT2D eigenvalue weighted by Crippen LogP contribution is 2.47. The van der Waals surface area contributed by atoms with E-state index in [1.807, 2.05) is 49.4 Å². The monoisotopic (exact) mass is 458 g/mol. The van der Waals surface area contributed by atoms with Crippen LogP contribution in [0.4, 0.5) is 0 Å². The molecule has 0 N–H and O–H groups in total. The second-order valence-electron chi connectivity index (χ2n) is 7.07. The van der Waals surface area contributed by atoms with Crippen LogP contribution < -0.4 is 0 Å². The van der Waals surface area contributed by atoms with Crippen LogP contribution in [0, 0.1) is 0 Å². The van der Waals surface area contributed by atoms with Crippen LogP contribution in [0.5, 0.6) is 0 Å². The Morgan fingerprint density at radius 1 is 0.800 bits per heavy atom. The lowest BCUT2D eigenvalue weighted by Gasteiger charge is -2.32. The molecular formula is C23H20Cl2N2O2S. The number of halogens is 2. The van der Waals surface area contributed by atoms with Crippen LogP contribution in [-0.4, -0.2) is 24.9 Å². The van der Waals surface area contributed by atoms with E-state index in [2.05, 4.69) is 0 Å². The van der Waals surface area contributed by atoms with Crippen molar-refractivity contribution >= 4 is 38.8 Å². The molecule has 7 heteroatoms. The van der Waals surface area contributed by atoms with Crippen LogP contribution in [0.1, 0.15) is 24.1 Å². The molecule has 0 aliphatic carbocycles. The van der Waals surface area contributed by atoms with E-state index in [1.54, 1.807) is 36.3 Å². The maximum atomic E-state index is 13.7. The molecule has 0 amide bonds. The molecule has 154 valence electrons. The largest absolute Gasteiger partial charge is 0.298 e. The summed E-state index contributed by atoms with van der Waals surface area (Å²) in [6.07, 6.45) is 0. The standard InChI is InChI=1S/C23H20Cl2N2O2S/c1-16-22(17-6-4-3-5-7-17)23(18-8-10-19(24)11-9-18)27(26(16)2)30(28,29)21-14-12-20(25)13-15-21/h3-15,23H,1-2H3. The Bertz CT molecular complexity index is 1190. The van der Waals surface area contributed by atoms with Gasteiger partial charge in [-0.2, -0.15) is 0 Å². The molecule has 0 radical (unpaired) electrons. The van der Waals surface area contributed by atoms with Gasteiger partial charge in [0, 0.05) is 28.4 Å². The first-order chi connectivity index (χ1) is 14.3. The predicted octanol–water partition coefficient (Wildman–Crippen LogP) is 6.02. The number of sulfonamides is 1. The summed E-state index contributed by atoms with van der Waals surface area (Å²) in [5.74, 6) is 0. The van der Waals surface area contributed by atoms with E-state index in [0.29, 0.717) is 10.0 Å². The smallest absolute Gasteiger partial charge is 0.260 e. The van der Waals surface area contributed by atoms with Crippen molar-refractivity contribution in [2.75, 3.05) is 7.05 Å². The molecule has 1 heterocycles. The summed E-state index contributed by atoms with van der Waals surface area (Å²) in [6, 6.07) is 22.8. The molecule has 0 saturated heterocycles. The highest BCUT2D eigenvalue weighted by molar-refractivity contribution is 7.89. The number of hydrazine groups is 1. The Labute approximate surface area is 187 Å². The Hall–Kier alpha value is -2.31.